The number of rotatable bonds is 4. The molecule has 1 aromatic heterocycles. The first-order valence-corrected chi connectivity index (χ1v) is 9.40. The molecule has 2 N–H and O–H groups in total. The van der Waals surface area contributed by atoms with Crippen LogP contribution in [0.2, 0.25) is 5.02 Å². The van der Waals surface area contributed by atoms with Gasteiger partial charge in [-0.1, -0.05) is 35.9 Å². The standard InChI is InChI=1S/C21H21ClN2O2/c1-12-2-3-14(10-18(12)22)17(11-15-6-9-20(25)23-15)19-8-7-16(13-4-5-13)21(26)24-19/h2-3,7-8,10-11,13,15H,4-6,9H2,1H3,(H,23,25)(H,24,26)/t15-/m1/s1. The van der Waals surface area contributed by atoms with E-state index in [-0.39, 0.29) is 17.5 Å². The molecule has 0 radical (unpaired) electrons. The molecule has 26 heavy (non-hydrogen) atoms. The number of aryl methyl sites for hydroxylation is 1. The van der Waals surface area contributed by atoms with Crippen LogP contribution in [0.4, 0.5) is 0 Å². The van der Waals surface area contributed by atoms with E-state index in [0.717, 1.165) is 47.2 Å². The van der Waals surface area contributed by atoms with E-state index in [2.05, 4.69) is 10.3 Å². The minimum absolute atomic E-state index is 0.0235. The van der Waals surface area contributed by atoms with Gasteiger partial charge in [0.05, 0.1) is 0 Å². The van der Waals surface area contributed by atoms with Crippen molar-refractivity contribution < 1.29 is 4.79 Å². The van der Waals surface area contributed by atoms with Crippen molar-refractivity contribution in [2.75, 3.05) is 0 Å². The predicted molar refractivity (Wildman–Crippen MR) is 103 cm³/mol. The predicted octanol–water partition coefficient (Wildman–Crippen LogP) is 3.92. The van der Waals surface area contributed by atoms with Gasteiger partial charge in [0, 0.05) is 34.3 Å². The summed E-state index contributed by atoms with van der Waals surface area (Å²) in [6.45, 7) is 1.96. The van der Waals surface area contributed by atoms with Crippen molar-refractivity contribution in [2.45, 2.75) is 44.6 Å². The molecule has 2 aliphatic rings. The molecule has 2 fully saturated rings. The summed E-state index contributed by atoms with van der Waals surface area (Å²) >= 11 is 6.32. The van der Waals surface area contributed by atoms with E-state index >= 15 is 0 Å². The van der Waals surface area contributed by atoms with Crippen molar-refractivity contribution in [1.82, 2.24) is 10.3 Å². The van der Waals surface area contributed by atoms with Crippen LogP contribution < -0.4 is 10.9 Å². The number of aromatic amines is 1. The lowest BCUT2D eigenvalue weighted by molar-refractivity contribution is -0.119. The number of benzene rings is 1. The van der Waals surface area contributed by atoms with Crippen LogP contribution in [-0.2, 0) is 4.79 Å². The average molecular weight is 369 g/mol. The second-order valence-electron chi connectivity index (χ2n) is 7.19. The van der Waals surface area contributed by atoms with Gasteiger partial charge in [0.2, 0.25) is 5.91 Å². The highest BCUT2D eigenvalue weighted by atomic mass is 35.5. The molecular weight excluding hydrogens is 348 g/mol. The van der Waals surface area contributed by atoms with Crippen molar-refractivity contribution in [3.8, 4) is 0 Å². The maximum absolute atomic E-state index is 12.5. The quantitative estimate of drug-likeness (QED) is 0.859. The molecular formula is C21H21ClN2O2. The molecule has 0 spiro atoms. The number of pyridine rings is 1. The average Bonchev–Trinajstić information content (AvgIpc) is 3.37. The van der Waals surface area contributed by atoms with Crippen LogP contribution in [0.1, 0.15) is 54.0 Å². The van der Waals surface area contributed by atoms with Gasteiger partial charge in [-0.3, -0.25) is 9.59 Å². The lowest BCUT2D eigenvalue weighted by atomic mass is 9.97. The van der Waals surface area contributed by atoms with Crippen LogP contribution in [0.3, 0.4) is 0 Å². The highest BCUT2D eigenvalue weighted by Crippen LogP contribution is 2.38. The number of halogens is 1. The van der Waals surface area contributed by atoms with E-state index in [1.54, 1.807) is 0 Å². The maximum atomic E-state index is 12.5. The van der Waals surface area contributed by atoms with Crippen molar-refractivity contribution in [3.05, 3.63) is 74.2 Å². The smallest absolute Gasteiger partial charge is 0.251 e. The number of H-pyrrole nitrogens is 1. The second kappa shape index (κ2) is 6.76. The summed E-state index contributed by atoms with van der Waals surface area (Å²) in [5.41, 5.74) is 4.41. The van der Waals surface area contributed by atoms with Crippen molar-refractivity contribution >= 4 is 23.1 Å². The Labute approximate surface area is 157 Å². The summed E-state index contributed by atoms with van der Waals surface area (Å²) in [7, 11) is 0. The highest BCUT2D eigenvalue weighted by Gasteiger charge is 2.26. The lowest BCUT2D eigenvalue weighted by Crippen LogP contribution is -2.23. The normalized spacial score (nSPS) is 20.3. The number of nitrogens with one attached hydrogen (secondary N) is 2. The Kier molecular flexibility index (Phi) is 4.45. The zero-order valence-electron chi connectivity index (χ0n) is 14.6. The molecule has 2 heterocycles. The Hall–Kier alpha value is -2.33. The van der Waals surface area contributed by atoms with Gasteiger partial charge in [-0.05, 0) is 55.4 Å². The number of carbonyl (C=O) groups excluding carboxylic acids is 1. The molecule has 1 amide bonds. The minimum atomic E-state index is -0.0378. The third kappa shape index (κ3) is 3.47. The van der Waals surface area contributed by atoms with Crippen molar-refractivity contribution in [2.24, 2.45) is 0 Å². The number of hydrogen-bond donors (Lipinski definition) is 2. The van der Waals surface area contributed by atoms with Gasteiger partial charge >= 0.3 is 0 Å². The zero-order valence-corrected chi connectivity index (χ0v) is 15.4. The molecule has 0 bridgehead atoms. The number of aromatic nitrogens is 1. The van der Waals surface area contributed by atoms with E-state index in [1.165, 1.54) is 0 Å². The summed E-state index contributed by atoms with van der Waals surface area (Å²) < 4.78 is 0. The molecule has 4 rings (SSSR count). The molecule has 4 nitrogen and oxygen atoms in total. The lowest BCUT2D eigenvalue weighted by Gasteiger charge is -2.13. The Bertz CT molecular complexity index is 957. The minimum Gasteiger partial charge on any atom is -0.350 e. The first-order chi connectivity index (χ1) is 12.5. The van der Waals surface area contributed by atoms with Gasteiger partial charge in [0.15, 0.2) is 0 Å². The van der Waals surface area contributed by atoms with Crippen LogP contribution in [0, 0.1) is 6.92 Å². The van der Waals surface area contributed by atoms with E-state index in [0.29, 0.717) is 17.4 Å². The fraction of sp³-hybridized carbons (Fsp3) is 0.333. The molecule has 1 saturated carbocycles. The highest BCUT2D eigenvalue weighted by molar-refractivity contribution is 6.31. The van der Waals surface area contributed by atoms with E-state index < -0.39 is 0 Å². The van der Waals surface area contributed by atoms with Crippen LogP contribution in [0.15, 0.2) is 41.2 Å². The first kappa shape index (κ1) is 17.1. The largest absolute Gasteiger partial charge is 0.350 e. The fourth-order valence-electron chi connectivity index (χ4n) is 3.42. The summed E-state index contributed by atoms with van der Waals surface area (Å²) in [5.74, 6) is 0.466. The van der Waals surface area contributed by atoms with Gasteiger partial charge in [0.25, 0.3) is 5.56 Å². The summed E-state index contributed by atoms with van der Waals surface area (Å²) in [4.78, 5) is 27.1. The number of hydrogen-bond acceptors (Lipinski definition) is 2. The van der Waals surface area contributed by atoms with Gasteiger partial charge < -0.3 is 10.3 Å². The molecule has 1 aliphatic carbocycles. The second-order valence-corrected chi connectivity index (χ2v) is 7.59. The molecule has 2 aromatic rings. The van der Waals surface area contributed by atoms with E-state index in [9.17, 15) is 9.59 Å². The molecule has 1 atom stereocenters. The Balaban J connectivity index is 1.78. The Morgan fingerprint density at radius 1 is 1.15 bits per heavy atom. The topological polar surface area (TPSA) is 62.0 Å². The Morgan fingerprint density at radius 3 is 2.58 bits per heavy atom. The van der Waals surface area contributed by atoms with E-state index in [1.807, 2.05) is 43.3 Å². The monoisotopic (exact) mass is 368 g/mol. The van der Waals surface area contributed by atoms with Gasteiger partial charge in [-0.25, -0.2) is 0 Å². The third-order valence-electron chi connectivity index (χ3n) is 5.13. The molecule has 1 saturated heterocycles. The van der Waals surface area contributed by atoms with Gasteiger partial charge in [-0.15, -0.1) is 0 Å². The number of carbonyl (C=O) groups is 1. The molecule has 134 valence electrons. The van der Waals surface area contributed by atoms with Crippen LogP contribution in [-0.4, -0.2) is 16.9 Å². The molecule has 1 aliphatic heterocycles. The molecule has 1 aromatic carbocycles. The van der Waals surface area contributed by atoms with Gasteiger partial charge in [0.1, 0.15) is 0 Å². The third-order valence-corrected chi connectivity index (χ3v) is 5.53. The van der Waals surface area contributed by atoms with Gasteiger partial charge in [-0.2, -0.15) is 0 Å². The fourth-order valence-corrected chi connectivity index (χ4v) is 3.60. The SMILES string of the molecule is Cc1ccc(C(=C[C@H]2CCC(=O)N2)c2ccc(C3CC3)c(=O)[nH]2)cc1Cl. The Morgan fingerprint density at radius 2 is 1.96 bits per heavy atom. The van der Waals surface area contributed by atoms with Crippen molar-refractivity contribution in [1.29, 1.82) is 0 Å². The molecule has 5 heteroatoms. The summed E-state index contributed by atoms with van der Waals surface area (Å²) in [5, 5.41) is 3.65. The first-order valence-electron chi connectivity index (χ1n) is 9.02. The molecule has 0 unspecified atom stereocenters. The number of amides is 1. The van der Waals surface area contributed by atoms with Crippen molar-refractivity contribution in [3.63, 3.8) is 0 Å². The zero-order chi connectivity index (χ0) is 18.3. The van der Waals surface area contributed by atoms with E-state index in [4.69, 9.17) is 11.6 Å². The van der Waals surface area contributed by atoms with Crippen LogP contribution >= 0.6 is 11.6 Å². The van der Waals surface area contributed by atoms with Crippen LogP contribution in [0.25, 0.3) is 5.57 Å². The summed E-state index contributed by atoms with van der Waals surface area (Å²) in [6, 6.07) is 9.73. The summed E-state index contributed by atoms with van der Waals surface area (Å²) in [6.07, 6.45) is 5.49. The van der Waals surface area contributed by atoms with Crippen LogP contribution in [0.5, 0.6) is 0 Å². The maximum Gasteiger partial charge on any atom is 0.251 e.